The quantitative estimate of drug-likeness (QED) is 0.234. The molecule has 0 aliphatic rings. The molecule has 0 spiro atoms. The zero-order valence-electron chi connectivity index (χ0n) is 22.5. The van der Waals surface area contributed by atoms with Gasteiger partial charge in [0.2, 0.25) is 17.7 Å². The molecule has 2 aromatic carbocycles. The van der Waals surface area contributed by atoms with E-state index in [0.29, 0.717) is 17.9 Å². The number of carbonyl (C=O) groups excluding carboxylic acids is 3. The van der Waals surface area contributed by atoms with Gasteiger partial charge in [-0.15, -0.1) is 0 Å². The Hall–Kier alpha value is -2.88. The second-order valence-corrected chi connectivity index (χ2v) is 10.8. The van der Waals surface area contributed by atoms with Crippen LogP contribution < -0.4 is 16.0 Å². The largest absolute Gasteiger partial charge is 0.475 e. The second-order valence-electron chi connectivity index (χ2n) is 10.3. The van der Waals surface area contributed by atoms with Crippen LogP contribution in [-0.2, 0) is 27.2 Å². The van der Waals surface area contributed by atoms with Crippen molar-refractivity contribution in [3.05, 3.63) is 70.7 Å². The van der Waals surface area contributed by atoms with Crippen molar-refractivity contribution in [2.75, 3.05) is 0 Å². The molecular formula is C28H39BClN3O5. The molecule has 38 heavy (non-hydrogen) atoms. The Labute approximate surface area is 230 Å². The first kappa shape index (κ1) is 31.3. The lowest BCUT2D eigenvalue weighted by Crippen LogP contribution is -2.58. The standard InChI is InChI=1S/C28H39BClN3O5/c1-18(2)15-23(28(36)33-26(19(3)4)29(37)38)32-27(35)24(17-21-11-8-12-22(30)16-21)31-25(34)14-13-20-9-6-5-7-10-20/h5-12,16,18-19,23-24,26,37-38H,13-15,17H2,1-4H3,(H,31,34)(H,32,35)(H,33,36)/t23-,24-,26-/m0/s1. The van der Waals surface area contributed by atoms with Crippen LogP contribution >= 0.6 is 11.6 Å². The van der Waals surface area contributed by atoms with Crippen LogP contribution in [0.5, 0.6) is 0 Å². The predicted octanol–water partition coefficient (Wildman–Crippen LogP) is 2.68. The van der Waals surface area contributed by atoms with Crippen molar-refractivity contribution in [2.45, 2.75) is 71.4 Å². The van der Waals surface area contributed by atoms with Gasteiger partial charge in [0.25, 0.3) is 0 Å². The monoisotopic (exact) mass is 543 g/mol. The van der Waals surface area contributed by atoms with Gasteiger partial charge in [0, 0.05) is 17.9 Å². The summed E-state index contributed by atoms with van der Waals surface area (Å²) in [6.07, 6.45) is 1.24. The van der Waals surface area contributed by atoms with Crippen molar-refractivity contribution >= 4 is 36.4 Å². The van der Waals surface area contributed by atoms with Crippen LogP contribution in [0, 0.1) is 11.8 Å². The summed E-state index contributed by atoms with van der Waals surface area (Å²) < 4.78 is 0. The van der Waals surface area contributed by atoms with Crippen molar-refractivity contribution in [2.24, 2.45) is 11.8 Å². The summed E-state index contributed by atoms with van der Waals surface area (Å²) >= 11 is 6.13. The molecular weight excluding hydrogens is 505 g/mol. The van der Waals surface area contributed by atoms with E-state index in [2.05, 4.69) is 16.0 Å². The summed E-state index contributed by atoms with van der Waals surface area (Å²) in [7, 11) is -1.74. The molecule has 0 aliphatic heterocycles. The lowest BCUT2D eigenvalue weighted by atomic mass is 9.73. The minimum absolute atomic E-state index is 0.0643. The van der Waals surface area contributed by atoms with Crippen molar-refractivity contribution in [3.8, 4) is 0 Å². The number of benzene rings is 2. The molecule has 0 radical (unpaired) electrons. The molecule has 3 amide bonds. The van der Waals surface area contributed by atoms with E-state index in [1.165, 1.54) is 0 Å². The molecule has 2 rings (SSSR count). The molecule has 0 saturated heterocycles. The lowest BCUT2D eigenvalue weighted by molar-refractivity contribution is -0.132. The summed E-state index contributed by atoms with van der Waals surface area (Å²) in [6.45, 7) is 7.35. The van der Waals surface area contributed by atoms with Gasteiger partial charge in [-0.3, -0.25) is 14.4 Å². The number of aryl methyl sites for hydroxylation is 1. The highest BCUT2D eigenvalue weighted by molar-refractivity contribution is 6.43. The fourth-order valence-electron chi connectivity index (χ4n) is 4.10. The number of nitrogens with one attached hydrogen (secondary N) is 3. The molecule has 0 fully saturated rings. The number of hydrogen-bond acceptors (Lipinski definition) is 5. The van der Waals surface area contributed by atoms with Gasteiger partial charge in [0.15, 0.2) is 0 Å². The molecule has 5 N–H and O–H groups in total. The zero-order chi connectivity index (χ0) is 28.2. The summed E-state index contributed by atoms with van der Waals surface area (Å²) in [6, 6.07) is 14.8. The van der Waals surface area contributed by atoms with Crippen molar-refractivity contribution < 1.29 is 24.4 Å². The Kier molecular flexibility index (Phi) is 12.8. The lowest BCUT2D eigenvalue weighted by Gasteiger charge is -2.27. The molecule has 0 heterocycles. The number of rotatable bonds is 14. The van der Waals surface area contributed by atoms with Crippen molar-refractivity contribution in [1.82, 2.24) is 16.0 Å². The van der Waals surface area contributed by atoms with E-state index in [4.69, 9.17) is 11.6 Å². The first-order chi connectivity index (χ1) is 18.0. The van der Waals surface area contributed by atoms with E-state index in [1.807, 2.05) is 50.2 Å². The maximum Gasteiger partial charge on any atom is 0.475 e. The molecule has 0 aliphatic carbocycles. The van der Waals surface area contributed by atoms with Crippen molar-refractivity contribution in [3.63, 3.8) is 0 Å². The van der Waals surface area contributed by atoms with Crippen LogP contribution in [0.15, 0.2) is 54.6 Å². The Morgan fingerprint density at radius 1 is 0.842 bits per heavy atom. The fraction of sp³-hybridized carbons (Fsp3) is 0.464. The number of hydrogen-bond donors (Lipinski definition) is 5. The predicted molar refractivity (Wildman–Crippen MR) is 150 cm³/mol. The number of amides is 3. The van der Waals surface area contributed by atoms with E-state index >= 15 is 0 Å². The minimum atomic E-state index is -1.74. The van der Waals surface area contributed by atoms with Crippen LogP contribution in [0.1, 0.15) is 51.7 Å². The minimum Gasteiger partial charge on any atom is -0.426 e. The Balaban J connectivity index is 2.19. The molecule has 0 saturated carbocycles. The van der Waals surface area contributed by atoms with Gasteiger partial charge in [0.05, 0.1) is 5.94 Å². The summed E-state index contributed by atoms with van der Waals surface area (Å²) in [5.41, 5.74) is 1.77. The third kappa shape index (κ3) is 10.9. The summed E-state index contributed by atoms with van der Waals surface area (Å²) in [5, 5.41) is 28.1. The van der Waals surface area contributed by atoms with E-state index in [1.54, 1.807) is 32.0 Å². The normalized spacial score (nSPS) is 13.5. The molecule has 0 unspecified atom stereocenters. The van der Waals surface area contributed by atoms with Crippen LogP contribution in [0.25, 0.3) is 0 Å². The SMILES string of the molecule is CC(C)C[C@H](NC(=O)[C@H](Cc1cccc(Cl)c1)NC(=O)CCc1ccccc1)C(=O)N[C@H](B(O)O)C(C)C. The average molecular weight is 544 g/mol. The van der Waals surface area contributed by atoms with E-state index in [0.717, 1.165) is 11.1 Å². The third-order valence-corrected chi connectivity index (χ3v) is 6.39. The van der Waals surface area contributed by atoms with Crippen LogP contribution in [0.2, 0.25) is 5.02 Å². The van der Waals surface area contributed by atoms with E-state index < -0.39 is 37.0 Å². The van der Waals surface area contributed by atoms with Crippen molar-refractivity contribution in [1.29, 1.82) is 0 Å². The maximum atomic E-state index is 13.5. The molecule has 0 bridgehead atoms. The van der Waals surface area contributed by atoms with Gasteiger partial charge < -0.3 is 26.0 Å². The van der Waals surface area contributed by atoms with Crippen LogP contribution in [0.3, 0.4) is 0 Å². The van der Waals surface area contributed by atoms with Gasteiger partial charge in [0.1, 0.15) is 12.1 Å². The highest BCUT2D eigenvalue weighted by Gasteiger charge is 2.33. The Morgan fingerprint density at radius 3 is 2.05 bits per heavy atom. The maximum absolute atomic E-state index is 13.5. The molecule has 206 valence electrons. The summed E-state index contributed by atoms with van der Waals surface area (Å²) in [5.74, 6) is -2.39. The first-order valence-corrected chi connectivity index (χ1v) is 13.4. The number of halogens is 1. The topological polar surface area (TPSA) is 128 Å². The first-order valence-electron chi connectivity index (χ1n) is 13.0. The third-order valence-electron chi connectivity index (χ3n) is 6.15. The molecule has 8 nitrogen and oxygen atoms in total. The van der Waals surface area contributed by atoms with E-state index in [-0.39, 0.29) is 30.6 Å². The fourth-order valence-corrected chi connectivity index (χ4v) is 4.32. The van der Waals surface area contributed by atoms with E-state index in [9.17, 15) is 24.4 Å². The molecule has 2 aromatic rings. The van der Waals surface area contributed by atoms with Gasteiger partial charge in [-0.1, -0.05) is 81.8 Å². The van der Waals surface area contributed by atoms with Gasteiger partial charge in [-0.25, -0.2) is 0 Å². The van der Waals surface area contributed by atoms with Gasteiger partial charge in [-0.2, -0.15) is 0 Å². The molecule has 3 atom stereocenters. The molecule has 0 aromatic heterocycles. The Morgan fingerprint density at radius 2 is 1.47 bits per heavy atom. The number of carbonyl (C=O) groups is 3. The van der Waals surface area contributed by atoms with Crippen LogP contribution in [-0.4, -0.2) is 52.9 Å². The summed E-state index contributed by atoms with van der Waals surface area (Å²) in [4.78, 5) is 39.4. The second kappa shape index (κ2) is 15.5. The van der Waals surface area contributed by atoms with Gasteiger partial charge >= 0.3 is 7.12 Å². The highest BCUT2D eigenvalue weighted by Crippen LogP contribution is 2.14. The zero-order valence-corrected chi connectivity index (χ0v) is 23.2. The average Bonchev–Trinajstić information content (AvgIpc) is 2.85. The van der Waals surface area contributed by atoms with Gasteiger partial charge in [-0.05, 0) is 47.9 Å². The highest BCUT2D eigenvalue weighted by atomic mass is 35.5. The Bertz CT molecular complexity index is 1040. The van der Waals surface area contributed by atoms with Crippen LogP contribution in [0.4, 0.5) is 0 Å². The molecule has 10 heteroatoms. The smallest absolute Gasteiger partial charge is 0.426 e.